The van der Waals surface area contributed by atoms with Crippen molar-refractivity contribution >= 4 is 11.7 Å². The summed E-state index contributed by atoms with van der Waals surface area (Å²) in [6, 6.07) is 0. The van der Waals surface area contributed by atoms with Gasteiger partial charge >= 0.3 is 5.97 Å². The molecule has 0 heterocycles. The number of carboxylic acid groups (broad SMARTS) is 1. The molecule has 2 N–H and O–H groups in total. The summed E-state index contributed by atoms with van der Waals surface area (Å²) in [4.78, 5) is 10.3. The summed E-state index contributed by atoms with van der Waals surface area (Å²) in [7, 11) is 0. The number of nitrogens with one attached hydrogen (secondary N) is 1. The molecule has 19 heavy (non-hydrogen) atoms. The molecule has 0 aliphatic carbocycles. The zero-order chi connectivity index (χ0) is 14.7. The van der Waals surface area contributed by atoms with E-state index < -0.39 is 40.7 Å². The van der Waals surface area contributed by atoms with Crippen LogP contribution in [0.3, 0.4) is 0 Å². The van der Waals surface area contributed by atoms with Crippen LogP contribution < -0.4 is 5.32 Å². The van der Waals surface area contributed by atoms with Gasteiger partial charge in [-0.2, -0.15) is 0 Å². The fourth-order valence-corrected chi connectivity index (χ4v) is 1.25. The van der Waals surface area contributed by atoms with E-state index in [1.54, 1.807) is 0 Å². The Kier molecular flexibility index (Phi) is 4.47. The molecule has 0 fully saturated rings. The molecule has 1 aromatic carbocycles. The van der Waals surface area contributed by atoms with Gasteiger partial charge in [-0.1, -0.05) is 0 Å². The molecule has 0 saturated heterocycles. The van der Waals surface area contributed by atoms with Crippen molar-refractivity contribution in [3.05, 3.63) is 40.7 Å². The number of benzene rings is 1. The topological polar surface area (TPSA) is 49.3 Å². The number of carboxylic acids is 1. The average molecular weight is 281 g/mol. The van der Waals surface area contributed by atoms with Crippen molar-refractivity contribution in [2.24, 2.45) is 0 Å². The number of hydrogen-bond acceptors (Lipinski definition) is 2. The van der Waals surface area contributed by atoms with Gasteiger partial charge in [-0.05, 0) is 12.5 Å². The molecule has 0 atom stereocenters. The van der Waals surface area contributed by atoms with E-state index in [0.717, 1.165) is 6.08 Å². The number of carbonyl (C=O) groups is 1. The molecule has 104 valence electrons. The number of halogens is 5. The maximum absolute atomic E-state index is 13.2. The van der Waals surface area contributed by atoms with Gasteiger partial charge < -0.3 is 10.4 Å². The molecule has 0 unspecified atom stereocenters. The molecule has 0 saturated carbocycles. The molecule has 1 rings (SSSR count). The summed E-state index contributed by atoms with van der Waals surface area (Å²) in [5, 5.41) is 10.4. The average Bonchev–Trinajstić information content (AvgIpc) is 2.33. The lowest BCUT2D eigenvalue weighted by Gasteiger charge is -2.10. The number of anilines is 1. The summed E-state index contributed by atoms with van der Waals surface area (Å²) in [5.74, 6) is -11.7. The Morgan fingerprint density at radius 1 is 1.05 bits per heavy atom. The Hall–Kier alpha value is -2.12. The van der Waals surface area contributed by atoms with Gasteiger partial charge in [0.05, 0.1) is 0 Å². The minimum Gasteiger partial charge on any atom is -0.478 e. The zero-order valence-electron chi connectivity index (χ0n) is 9.53. The Balaban J connectivity index is 3.06. The second-order valence-corrected chi connectivity index (χ2v) is 3.63. The highest BCUT2D eigenvalue weighted by Gasteiger charge is 2.25. The van der Waals surface area contributed by atoms with Crippen LogP contribution in [0.4, 0.5) is 27.6 Å². The maximum atomic E-state index is 13.2. The summed E-state index contributed by atoms with van der Waals surface area (Å²) in [6.07, 6.45) is 0.735. The maximum Gasteiger partial charge on any atom is 0.328 e. The van der Waals surface area contributed by atoms with Crippen LogP contribution in [0.25, 0.3) is 0 Å². The molecule has 0 amide bonds. The van der Waals surface area contributed by atoms with Crippen LogP contribution in [0, 0.1) is 29.1 Å². The zero-order valence-corrected chi connectivity index (χ0v) is 9.53. The van der Waals surface area contributed by atoms with Crippen molar-refractivity contribution in [1.29, 1.82) is 0 Å². The minimum absolute atomic E-state index is 0.136. The highest BCUT2D eigenvalue weighted by molar-refractivity contribution is 5.80. The van der Waals surface area contributed by atoms with Gasteiger partial charge in [0.25, 0.3) is 0 Å². The van der Waals surface area contributed by atoms with E-state index in [4.69, 9.17) is 5.11 Å². The molecule has 0 aromatic heterocycles. The highest BCUT2D eigenvalue weighted by atomic mass is 19.2. The van der Waals surface area contributed by atoms with Crippen molar-refractivity contribution in [2.75, 3.05) is 11.9 Å². The Morgan fingerprint density at radius 2 is 1.47 bits per heavy atom. The van der Waals surface area contributed by atoms with Gasteiger partial charge in [-0.3, -0.25) is 0 Å². The van der Waals surface area contributed by atoms with E-state index in [0.29, 0.717) is 0 Å². The molecular formula is C11H8F5NO2. The van der Waals surface area contributed by atoms with Gasteiger partial charge in [0, 0.05) is 12.6 Å². The lowest BCUT2D eigenvalue weighted by molar-refractivity contribution is -0.131. The van der Waals surface area contributed by atoms with Crippen LogP contribution in [0.5, 0.6) is 0 Å². The predicted octanol–water partition coefficient (Wildman–Crippen LogP) is 2.82. The molecule has 8 heteroatoms. The van der Waals surface area contributed by atoms with Gasteiger partial charge in [-0.15, -0.1) is 0 Å². The lowest BCUT2D eigenvalue weighted by atomic mass is 10.2. The van der Waals surface area contributed by atoms with Crippen molar-refractivity contribution in [3.8, 4) is 0 Å². The van der Waals surface area contributed by atoms with Gasteiger partial charge in [0.2, 0.25) is 5.82 Å². The Labute approximate surface area is 104 Å². The van der Waals surface area contributed by atoms with Crippen LogP contribution in [0.15, 0.2) is 11.6 Å². The second-order valence-electron chi connectivity index (χ2n) is 3.63. The SMILES string of the molecule is CC(=CC(=O)O)CNc1c(F)c(F)c(F)c(F)c1F. The molecule has 0 radical (unpaired) electrons. The smallest absolute Gasteiger partial charge is 0.328 e. The lowest BCUT2D eigenvalue weighted by Crippen LogP contribution is -2.12. The van der Waals surface area contributed by atoms with E-state index in [1.807, 2.05) is 5.32 Å². The fraction of sp³-hybridized carbons (Fsp3) is 0.182. The van der Waals surface area contributed by atoms with Crippen LogP contribution in [0.1, 0.15) is 6.92 Å². The molecule has 0 bridgehead atoms. The summed E-state index contributed by atoms with van der Waals surface area (Å²) >= 11 is 0. The molecule has 1 aromatic rings. The summed E-state index contributed by atoms with van der Waals surface area (Å²) in [6.45, 7) is 0.928. The van der Waals surface area contributed by atoms with Crippen molar-refractivity contribution in [3.63, 3.8) is 0 Å². The van der Waals surface area contributed by atoms with Crippen molar-refractivity contribution < 1.29 is 31.9 Å². The van der Waals surface area contributed by atoms with Gasteiger partial charge in [-0.25, -0.2) is 26.7 Å². The first-order chi connectivity index (χ1) is 8.75. The molecule has 0 aliphatic rings. The van der Waals surface area contributed by atoms with Crippen LogP contribution >= 0.6 is 0 Å². The first kappa shape index (κ1) is 14.9. The first-order valence-electron chi connectivity index (χ1n) is 4.91. The van der Waals surface area contributed by atoms with Crippen LogP contribution in [0.2, 0.25) is 0 Å². The number of rotatable bonds is 4. The van der Waals surface area contributed by atoms with Crippen LogP contribution in [-0.4, -0.2) is 17.6 Å². The molecule has 3 nitrogen and oxygen atoms in total. The Bertz CT molecular complexity index is 528. The third-order valence-electron chi connectivity index (χ3n) is 2.12. The fourth-order valence-electron chi connectivity index (χ4n) is 1.25. The standard InChI is InChI=1S/C11H8F5NO2/c1-4(2-5(18)19)3-17-11-9(15)7(13)6(12)8(14)10(11)16/h2,17H,3H2,1H3,(H,18,19). The monoisotopic (exact) mass is 281 g/mol. The highest BCUT2D eigenvalue weighted by Crippen LogP contribution is 2.27. The second kappa shape index (κ2) is 5.68. The first-order valence-corrected chi connectivity index (χ1v) is 4.91. The van der Waals surface area contributed by atoms with Gasteiger partial charge in [0.15, 0.2) is 23.3 Å². The Morgan fingerprint density at radius 3 is 1.89 bits per heavy atom. The quantitative estimate of drug-likeness (QED) is 0.386. The predicted molar refractivity (Wildman–Crippen MR) is 56.1 cm³/mol. The third kappa shape index (κ3) is 3.21. The van der Waals surface area contributed by atoms with E-state index in [-0.39, 0.29) is 12.1 Å². The van der Waals surface area contributed by atoms with Crippen molar-refractivity contribution in [2.45, 2.75) is 6.92 Å². The number of hydrogen-bond donors (Lipinski definition) is 2. The third-order valence-corrected chi connectivity index (χ3v) is 2.12. The summed E-state index contributed by atoms with van der Waals surface area (Å²) in [5.41, 5.74) is -1.06. The van der Waals surface area contributed by atoms with Gasteiger partial charge in [0.1, 0.15) is 5.69 Å². The molecule has 0 spiro atoms. The molecule has 0 aliphatic heterocycles. The van der Waals surface area contributed by atoms with E-state index in [2.05, 4.69) is 0 Å². The van der Waals surface area contributed by atoms with E-state index in [9.17, 15) is 26.7 Å². The van der Waals surface area contributed by atoms with Crippen molar-refractivity contribution in [1.82, 2.24) is 0 Å². The summed E-state index contributed by atoms with van der Waals surface area (Å²) < 4.78 is 64.8. The minimum atomic E-state index is -2.25. The largest absolute Gasteiger partial charge is 0.478 e. The van der Waals surface area contributed by atoms with Crippen LogP contribution in [-0.2, 0) is 4.79 Å². The normalized spacial score (nSPS) is 11.6. The van der Waals surface area contributed by atoms with E-state index >= 15 is 0 Å². The number of aliphatic carboxylic acids is 1. The molecular weight excluding hydrogens is 273 g/mol. The van der Waals surface area contributed by atoms with E-state index in [1.165, 1.54) is 6.92 Å².